The van der Waals surface area contributed by atoms with Gasteiger partial charge in [0.05, 0.1) is 19.3 Å². The number of anilines is 1. The van der Waals surface area contributed by atoms with E-state index in [4.69, 9.17) is 9.47 Å². The molecule has 4 rings (SSSR count). The van der Waals surface area contributed by atoms with Crippen molar-refractivity contribution in [3.05, 3.63) is 12.1 Å². The Kier molecular flexibility index (Phi) is 5.45. The third-order valence-corrected chi connectivity index (χ3v) is 6.06. The number of nitrogens with zero attached hydrogens (tertiary/aromatic N) is 3. The molecule has 1 saturated carbocycles. The lowest BCUT2D eigenvalue weighted by atomic mass is 9.83. The quantitative estimate of drug-likeness (QED) is 0.747. The largest absolute Gasteiger partial charge is 0.477 e. The van der Waals surface area contributed by atoms with Crippen LogP contribution in [0, 0.1) is 5.92 Å². The van der Waals surface area contributed by atoms with Gasteiger partial charge in [-0.2, -0.15) is 0 Å². The van der Waals surface area contributed by atoms with Crippen molar-refractivity contribution in [2.45, 2.75) is 45.3 Å². The normalized spacial score (nSPS) is 22.8. The van der Waals surface area contributed by atoms with Gasteiger partial charge in [0.1, 0.15) is 10.3 Å². The van der Waals surface area contributed by atoms with Crippen LogP contribution in [-0.2, 0) is 9.53 Å². The Morgan fingerprint density at radius 1 is 1.37 bits per heavy atom. The van der Waals surface area contributed by atoms with Gasteiger partial charge in [-0.05, 0) is 38.2 Å². The van der Waals surface area contributed by atoms with E-state index in [0.29, 0.717) is 25.0 Å². The Hall–Kier alpha value is -1.93. The number of amides is 1. The molecule has 27 heavy (non-hydrogen) atoms. The van der Waals surface area contributed by atoms with Crippen LogP contribution in [0.3, 0.4) is 0 Å². The second-order valence-corrected chi connectivity index (χ2v) is 8.47. The SMILES string of the molecule is CC(=O)N[C@@H](C)COC1CC(COc2ccc3nc(N4CCC4)sc3n2)C1. The molecule has 0 unspecified atom stereocenters. The predicted molar refractivity (Wildman–Crippen MR) is 105 cm³/mol. The highest BCUT2D eigenvalue weighted by Crippen LogP contribution is 2.33. The number of carbonyl (C=O) groups is 1. The Labute approximate surface area is 163 Å². The number of rotatable bonds is 8. The molecule has 2 fully saturated rings. The minimum Gasteiger partial charge on any atom is -0.477 e. The van der Waals surface area contributed by atoms with Crippen molar-refractivity contribution in [2.75, 3.05) is 31.2 Å². The van der Waals surface area contributed by atoms with Gasteiger partial charge in [-0.25, -0.2) is 9.97 Å². The number of thiazole rings is 1. The maximum atomic E-state index is 11.0. The number of carbonyl (C=O) groups excluding carboxylic acids is 1. The van der Waals surface area contributed by atoms with Crippen molar-refractivity contribution in [3.8, 4) is 5.88 Å². The fraction of sp³-hybridized carbons (Fsp3) is 0.632. The zero-order valence-electron chi connectivity index (χ0n) is 15.8. The Morgan fingerprint density at radius 3 is 2.89 bits per heavy atom. The summed E-state index contributed by atoms with van der Waals surface area (Å²) in [5, 5.41) is 3.89. The first kappa shape index (κ1) is 18.4. The minimum atomic E-state index is -0.0200. The van der Waals surface area contributed by atoms with Crippen LogP contribution in [0.15, 0.2) is 12.1 Å². The molecular weight excluding hydrogens is 364 g/mol. The van der Waals surface area contributed by atoms with E-state index in [1.54, 1.807) is 11.3 Å². The van der Waals surface area contributed by atoms with E-state index in [1.165, 1.54) is 13.3 Å². The van der Waals surface area contributed by atoms with E-state index < -0.39 is 0 Å². The maximum absolute atomic E-state index is 11.0. The molecule has 1 atom stereocenters. The number of ether oxygens (including phenoxy) is 2. The van der Waals surface area contributed by atoms with E-state index in [-0.39, 0.29) is 18.1 Å². The van der Waals surface area contributed by atoms with Gasteiger partial charge in [-0.1, -0.05) is 11.3 Å². The van der Waals surface area contributed by atoms with Crippen LogP contribution in [-0.4, -0.2) is 54.3 Å². The molecule has 1 aliphatic heterocycles. The topological polar surface area (TPSA) is 76.6 Å². The molecule has 3 heterocycles. The first-order valence-corrected chi connectivity index (χ1v) is 10.4. The summed E-state index contributed by atoms with van der Waals surface area (Å²) in [6, 6.07) is 3.95. The maximum Gasteiger partial charge on any atom is 0.217 e. The van der Waals surface area contributed by atoms with Crippen molar-refractivity contribution >= 4 is 32.7 Å². The lowest BCUT2D eigenvalue weighted by molar-refractivity contribution is -0.120. The van der Waals surface area contributed by atoms with Crippen molar-refractivity contribution in [3.63, 3.8) is 0 Å². The van der Waals surface area contributed by atoms with Crippen LogP contribution in [0.1, 0.15) is 33.1 Å². The van der Waals surface area contributed by atoms with Crippen molar-refractivity contribution in [1.82, 2.24) is 15.3 Å². The number of hydrogen-bond donors (Lipinski definition) is 1. The van der Waals surface area contributed by atoms with Gasteiger partial charge in [-0.15, -0.1) is 0 Å². The first-order chi connectivity index (χ1) is 13.1. The number of fused-ring (bicyclic) bond motifs is 1. The summed E-state index contributed by atoms with van der Waals surface area (Å²) in [6.07, 6.45) is 3.50. The van der Waals surface area contributed by atoms with Gasteiger partial charge in [0, 0.05) is 32.1 Å². The molecule has 2 aliphatic rings. The molecule has 7 nitrogen and oxygen atoms in total. The number of aromatic nitrogens is 2. The van der Waals surface area contributed by atoms with E-state index >= 15 is 0 Å². The smallest absolute Gasteiger partial charge is 0.217 e. The van der Waals surface area contributed by atoms with Gasteiger partial charge >= 0.3 is 0 Å². The Morgan fingerprint density at radius 2 is 2.19 bits per heavy atom. The zero-order valence-corrected chi connectivity index (χ0v) is 16.6. The molecule has 2 aromatic heterocycles. The van der Waals surface area contributed by atoms with E-state index in [9.17, 15) is 4.79 Å². The van der Waals surface area contributed by atoms with Crippen molar-refractivity contribution in [1.29, 1.82) is 0 Å². The molecule has 8 heteroatoms. The summed E-state index contributed by atoms with van der Waals surface area (Å²) < 4.78 is 11.7. The number of nitrogens with one attached hydrogen (secondary N) is 1. The van der Waals surface area contributed by atoms with Crippen LogP contribution >= 0.6 is 11.3 Å². The predicted octanol–water partition coefficient (Wildman–Crippen LogP) is 2.60. The molecule has 0 bridgehead atoms. The van der Waals surface area contributed by atoms with Gasteiger partial charge < -0.3 is 19.7 Å². The van der Waals surface area contributed by atoms with Crippen LogP contribution in [0.5, 0.6) is 5.88 Å². The average molecular weight is 391 g/mol. The van der Waals surface area contributed by atoms with Gasteiger partial charge in [0.25, 0.3) is 0 Å². The van der Waals surface area contributed by atoms with Crippen molar-refractivity contribution < 1.29 is 14.3 Å². The number of pyridine rings is 1. The third kappa shape index (κ3) is 4.50. The average Bonchev–Trinajstić information content (AvgIpc) is 2.92. The summed E-state index contributed by atoms with van der Waals surface area (Å²) in [5.41, 5.74) is 0.944. The summed E-state index contributed by atoms with van der Waals surface area (Å²) in [7, 11) is 0. The third-order valence-electron chi connectivity index (χ3n) is 5.04. The van der Waals surface area contributed by atoms with Crippen LogP contribution in [0.2, 0.25) is 0 Å². The molecule has 1 N–H and O–H groups in total. The van der Waals surface area contributed by atoms with E-state index in [2.05, 4.69) is 20.2 Å². The van der Waals surface area contributed by atoms with Gasteiger partial charge in [0.2, 0.25) is 11.8 Å². The summed E-state index contributed by atoms with van der Waals surface area (Å²) >= 11 is 1.64. The summed E-state index contributed by atoms with van der Waals surface area (Å²) in [5.74, 6) is 1.15. The molecule has 1 aliphatic carbocycles. The molecule has 146 valence electrons. The highest BCUT2D eigenvalue weighted by Gasteiger charge is 2.31. The van der Waals surface area contributed by atoms with Crippen LogP contribution < -0.4 is 15.0 Å². The fourth-order valence-electron chi connectivity index (χ4n) is 3.33. The molecular formula is C19H26N4O3S. The fourth-order valence-corrected chi connectivity index (χ4v) is 4.31. The monoisotopic (exact) mass is 390 g/mol. The highest BCUT2D eigenvalue weighted by atomic mass is 32.1. The molecule has 0 spiro atoms. The van der Waals surface area contributed by atoms with E-state index in [1.807, 2.05) is 19.1 Å². The lowest BCUT2D eigenvalue weighted by Gasteiger charge is -2.35. The van der Waals surface area contributed by atoms with Gasteiger partial charge in [0.15, 0.2) is 5.13 Å². The zero-order chi connectivity index (χ0) is 18.8. The molecule has 1 amide bonds. The van der Waals surface area contributed by atoms with Crippen LogP contribution in [0.4, 0.5) is 5.13 Å². The molecule has 2 aromatic rings. The number of hydrogen-bond acceptors (Lipinski definition) is 7. The Bertz CT molecular complexity index is 801. The molecule has 1 saturated heterocycles. The minimum absolute atomic E-state index is 0.0200. The molecule has 0 aromatic carbocycles. The Balaban J connectivity index is 1.20. The summed E-state index contributed by atoms with van der Waals surface area (Å²) in [6.45, 7) is 6.89. The summed E-state index contributed by atoms with van der Waals surface area (Å²) in [4.78, 5) is 23.5. The second kappa shape index (κ2) is 7.98. The lowest BCUT2D eigenvalue weighted by Crippen LogP contribution is -2.40. The highest BCUT2D eigenvalue weighted by molar-refractivity contribution is 7.21. The van der Waals surface area contributed by atoms with Crippen LogP contribution in [0.25, 0.3) is 10.3 Å². The van der Waals surface area contributed by atoms with Gasteiger partial charge in [-0.3, -0.25) is 4.79 Å². The second-order valence-electron chi connectivity index (χ2n) is 7.52. The standard InChI is InChI=1S/C19H26N4O3S/c1-12(20-13(2)24)10-25-15-8-14(9-15)11-26-17-5-4-16-18(22-17)27-19(21-16)23-6-3-7-23/h4-5,12,14-15H,3,6-11H2,1-2H3,(H,20,24)/t12-,14?,15?/m0/s1. The van der Waals surface area contributed by atoms with Crippen molar-refractivity contribution in [2.24, 2.45) is 5.92 Å². The first-order valence-electron chi connectivity index (χ1n) is 9.61. The van der Waals surface area contributed by atoms with E-state index in [0.717, 1.165) is 41.4 Å². The molecule has 0 radical (unpaired) electrons.